The molecule has 0 spiro atoms. The molecule has 1 aliphatic rings. The number of rotatable bonds is 8. The number of phosphoric acid groups is 3. The Morgan fingerprint density at radius 2 is 1.88 bits per heavy atom. The smallest absolute Gasteiger partial charge is 0.388 e. The van der Waals surface area contributed by atoms with Gasteiger partial charge in [0.25, 0.3) is 0 Å². The van der Waals surface area contributed by atoms with Gasteiger partial charge in [-0.25, -0.2) is 23.2 Å². The molecular formula is C12H18ClN4O12P3. The maximum Gasteiger partial charge on any atom is 0.490 e. The average Bonchev–Trinajstić information content (AvgIpc) is 3.11. The van der Waals surface area contributed by atoms with Crippen LogP contribution in [-0.2, 0) is 31.6 Å². The highest BCUT2D eigenvalue weighted by Gasteiger charge is 2.54. The number of ether oxygens (including phenoxy) is 1. The first-order chi connectivity index (χ1) is 14.5. The fourth-order valence-corrected chi connectivity index (χ4v) is 6.37. The number of anilines is 1. The minimum Gasteiger partial charge on any atom is -0.388 e. The molecule has 180 valence electrons. The van der Waals surface area contributed by atoms with Crippen LogP contribution in [0.3, 0.4) is 0 Å². The van der Waals surface area contributed by atoms with Crippen LogP contribution in [0, 0.1) is 0 Å². The third kappa shape index (κ3) is 5.57. The highest BCUT2D eigenvalue weighted by Crippen LogP contribution is 2.66. The number of halogens is 1. The largest absolute Gasteiger partial charge is 0.490 e. The zero-order valence-electron chi connectivity index (χ0n) is 15.9. The van der Waals surface area contributed by atoms with Crippen molar-refractivity contribution in [3.63, 3.8) is 0 Å². The lowest BCUT2D eigenvalue weighted by Crippen LogP contribution is -2.39. The summed E-state index contributed by atoms with van der Waals surface area (Å²) in [4.78, 5) is 38.2. The molecular weight excluding hydrogens is 521 g/mol. The number of phosphoric ester groups is 1. The Morgan fingerprint density at radius 3 is 2.50 bits per heavy atom. The van der Waals surface area contributed by atoms with Crippen molar-refractivity contribution in [1.82, 2.24) is 14.6 Å². The molecule has 7 N–H and O–H groups in total. The van der Waals surface area contributed by atoms with E-state index in [0.717, 1.165) is 0 Å². The van der Waals surface area contributed by atoms with Crippen LogP contribution < -0.4 is 5.73 Å². The van der Waals surface area contributed by atoms with Crippen LogP contribution in [0.4, 0.5) is 5.82 Å². The van der Waals surface area contributed by atoms with Gasteiger partial charge in [0.2, 0.25) is 0 Å². The summed E-state index contributed by atoms with van der Waals surface area (Å²) in [5.74, 6) is 0.172. The highest BCUT2D eigenvalue weighted by molar-refractivity contribution is 7.66. The number of aliphatic hydroxyl groups excluding tert-OH is 1. The number of alkyl halides is 1. The van der Waals surface area contributed by atoms with Crippen LogP contribution in [0.1, 0.15) is 18.7 Å². The monoisotopic (exact) mass is 538 g/mol. The Balaban J connectivity index is 1.74. The number of hydrogen-bond donors (Lipinski definition) is 6. The lowest BCUT2D eigenvalue weighted by molar-refractivity contribution is -0.0234. The minimum absolute atomic E-state index is 0.172. The summed E-state index contributed by atoms with van der Waals surface area (Å²) in [5, 5.41) is 14.6. The zero-order valence-corrected chi connectivity index (χ0v) is 19.3. The number of fused-ring (bicyclic) bond motifs is 1. The van der Waals surface area contributed by atoms with Gasteiger partial charge in [0, 0.05) is 0 Å². The summed E-state index contributed by atoms with van der Waals surface area (Å²) in [7, 11) is -16.6. The Kier molecular flexibility index (Phi) is 6.96. The maximum atomic E-state index is 11.9. The highest BCUT2D eigenvalue weighted by atomic mass is 35.5. The van der Waals surface area contributed by atoms with Crippen LogP contribution in [0.2, 0.25) is 0 Å². The summed E-state index contributed by atoms with van der Waals surface area (Å²) in [5.41, 5.74) is 6.59. The molecule has 0 saturated carbocycles. The Morgan fingerprint density at radius 1 is 1.22 bits per heavy atom. The molecule has 1 fully saturated rings. The van der Waals surface area contributed by atoms with Crippen molar-refractivity contribution < 1.29 is 56.3 Å². The van der Waals surface area contributed by atoms with Crippen molar-refractivity contribution in [3.8, 4) is 0 Å². The Bertz CT molecular complexity index is 1150. The molecule has 2 aromatic rings. The molecule has 1 saturated heterocycles. The molecule has 3 rings (SSSR count). The summed E-state index contributed by atoms with van der Waals surface area (Å²) in [6.45, 7) is 0.558. The minimum atomic E-state index is -5.68. The number of aliphatic hydroxyl groups is 1. The van der Waals surface area contributed by atoms with Gasteiger partial charge in [-0.3, -0.25) is 4.52 Å². The summed E-state index contributed by atoms with van der Waals surface area (Å²) >= 11 is 6.47. The van der Waals surface area contributed by atoms with E-state index in [1.54, 1.807) is 12.1 Å². The van der Waals surface area contributed by atoms with Crippen LogP contribution in [-0.4, -0.2) is 63.0 Å². The quantitative estimate of drug-likeness (QED) is 0.197. The SMILES string of the molecule is C[C@@]1(Cl)[C@H](O)[C@@H](COP(=O)(O)OP(=O)(O)OP(=O)(O)O)O[C@H]1c1ccc2c(N)ncnn12. The lowest BCUT2D eigenvalue weighted by Gasteiger charge is -2.25. The second-order valence-electron chi connectivity index (χ2n) is 6.74. The second-order valence-corrected chi connectivity index (χ2v) is 12.0. The molecule has 0 aromatic carbocycles. The van der Waals surface area contributed by atoms with E-state index in [4.69, 9.17) is 31.9 Å². The fourth-order valence-electron chi connectivity index (χ4n) is 3.03. The van der Waals surface area contributed by atoms with E-state index in [1.807, 2.05) is 0 Å². The van der Waals surface area contributed by atoms with Crippen molar-refractivity contribution in [2.45, 2.75) is 30.1 Å². The standard InChI is InChI=1S/C12H18ClN4O12P3/c1-12(13)9(18)8(4-26-31(22,23)29-32(24,25)28-30(19,20)21)27-10(12)6-2-3-7-11(14)15-5-16-17(6)7/h2-3,5,8-10,18H,4H2,1H3,(H,22,23)(H,24,25)(H2,14,15,16)(H2,19,20,21)/t8-,9-,10+,12-/m1/s1. The van der Waals surface area contributed by atoms with Gasteiger partial charge in [0.1, 0.15) is 35.0 Å². The first-order valence-corrected chi connectivity index (χ1v) is 13.3. The first kappa shape index (κ1) is 25.7. The molecule has 32 heavy (non-hydrogen) atoms. The molecule has 1 aliphatic heterocycles. The number of nitrogen functional groups attached to an aromatic ring is 1. The van der Waals surface area contributed by atoms with Gasteiger partial charge in [0.05, 0.1) is 12.3 Å². The molecule has 20 heteroatoms. The summed E-state index contributed by atoms with van der Waals surface area (Å²) in [6.07, 6.45) is -2.65. The van der Waals surface area contributed by atoms with Crippen molar-refractivity contribution >= 4 is 46.4 Å². The number of nitrogens with two attached hydrogens (primary N) is 1. The summed E-state index contributed by atoms with van der Waals surface area (Å²) < 4.78 is 52.8. The molecule has 6 atom stereocenters. The summed E-state index contributed by atoms with van der Waals surface area (Å²) in [6, 6.07) is 3.16. The van der Waals surface area contributed by atoms with E-state index in [9.17, 15) is 28.6 Å². The van der Waals surface area contributed by atoms with Crippen LogP contribution in [0.5, 0.6) is 0 Å². The van der Waals surface area contributed by atoms with Crippen molar-refractivity contribution in [3.05, 3.63) is 24.2 Å². The molecule has 2 aromatic heterocycles. The molecule has 3 heterocycles. The first-order valence-electron chi connectivity index (χ1n) is 8.41. The van der Waals surface area contributed by atoms with Gasteiger partial charge < -0.3 is 35.2 Å². The van der Waals surface area contributed by atoms with E-state index >= 15 is 0 Å². The van der Waals surface area contributed by atoms with Crippen LogP contribution in [0.15, 0.2) is 18.5 Å². The van der Waals surface area contributed by atoms with E-state index in [1.165, 1.54) is 17.8 Å². The van der Waals surface area contributed by atoms with Crippen LogP contribution >= 0.6 is 35.1 Å². The molecule has 0 bridgehead atoms. The lowest BCUT2D eigenvalue weighted by atomic mass is 9.95. The van der Waals surface area contributed by atoms with E-state index in [0.29, 0.717) is 11.2 Å². The molecule has 0 aliphatic carbocycles. The van der Waals surface area contributed by atoms with Gasteiger partial charge in [-0.2, -0.15) is 13.7 Å². The van der Waals surface area contributed by atoms with Crippen LogP contribution in [0.25, 0.3) is 5.52 Å². The molecule has 0 amide bonds. The normalized spacial score (nSPS) is 30.3. The van der Waals surface area contributed by atoms with Gasteiger partial charge in [-0.05, 0) is 19.1 Å². The topological polar surface area (TPSA) is 245 Å². The van der Waals surface area contributed by atoms with Crippen molar-refractivity contribution in [1.29, 1.82) is 0 Å². The second kappa shape index (κ2) is 8.67. The maximum absolute atomic E-state index is 11.9. The van der Waals surface area contributed by atoms with E-state index < -0.39 is 53.3 Å². The average molecular weight is 539 g/mol. The number of nitrogens with zero attached hydrogens (tertiary/aromatic N) is 3. The van der Waals surface area contributed by atoms with Gasteiger partial charge >= 0.3 is 23.5 Å². The Hall–Kier alpha value is -0.960. The fraction of sp³-hybridized carbons (Fsp3) is 0.500. The molecule has 16 nitrogen and oxygen atoms in total. The molecule has 0 radical (unpaired) electrons. The predicted molar refractivity (Wildman–Crippen MR) is 105 cm³/mol. The van der Waals surface area contributed by atoms with Gasteiger partial charge in [-0.15, -0.1) is 11.6 Å². The Labute approximate surface area is 184 Å². The van der Waals surface area contributed by atoms with E-state index in [2.05, 4.69) is 23.2 Å². The van der Waals surface area contributed by atoms with E-state index in [-0.39, 0.29) is 5.82 Å². The number of hydrogen-bond acceptors (Lipinski definition) is 11. The predicted octanol–water partition coefficient (Wildman–Crippen LogP) is 0.453. The third-order valence-electron chi connectivity index (χ3n) is 4.35. The zero-order chi connectivity index (χ0) is 24.1. The molecule has 2 unspecified atom stereocenters. The number of aromatic nitrogens is 3. The van der Waals surface area contributed by atoms with Crippen molar-refractivity contribution in [2.75, 3.05) is 12.3 Å². The van der Waals surface area contributed by atoms with Gasteiger partial charge in [0.15, 0.2) is 5.82 Å². The third-order valence-corrected chi connectivity index (χ3v) is 8.58. The van der Waals surface area contributed by atoms with Gasteiger partial charge in [-0.1, -0.05) is 0 Å². The van der Waals surface area contributed by atoms with Crippen molar-refractivity contribution in [2.24, 2.45) is 0 Å².